The number of rotatable bonds is 8. The van der Waals surface area contributed by atoms with Gasteiger partial charge in [0.1, 0.15) is 17.2 Å². The Labute approximate surface area is 231 Å². The van der Waals surface area contributed by atoms with E-state index in [1.54, 1.807) is 37.3 Å². The van der Waals surface area contributed by atoms with Gasteiger partial charge in [-0.05, 0) is 49.2 Å². The number of nitrogens with one attached hydrogen (secondary N) is 1. The largest absolute Gasteiger partial charge is 0.389 e. The van der Waals surface area contributed by atoms with Crippen molar-refractivity contribution >= 4 is 41.1 Å². The second kappa shape index (κ2) is 11.3. The molecular weight excluding hydrogens is 517 g/mol. The Morgan fingerprint density at radius 3 is 2.45 bits per heavy atom. The fourth-order valence-corrected chi connectivity index (χ4v) is 4.65. The summed E-state index contributed by atoms with van der Waals surface area (Å²) in [6.07, 6.45) is 0.0246. The second-order valence-corrected chi connectivity index (χ2v) is 10.1. The van der Waals surface area contributed by atoms with Crippen LogP contribution in [0.5, 0.6) is 0 Å². The van der Waals surface area contributed by atoms with Crippen LogP contribution in [0.15, 0.2) is 47.3 Å². The van der Waals surface area contributed by atoms with Gasteiger partial charge in [0.2, 0.25) is 12.3 Å². The van der Waals surface area contributed by atoms with Crippen LogP contribution in [0, 0.1) is 19.7 Å². The Kier molecular flexibility index (Phi) is 8.06. The van der Waals surface area contributed by atoms with Gasteiger partial charge in [-0.3, -0.25) is 28.6 Å². The Balaban J connectivity index is 1.86. The smallest absolute Gasteiger partial charge is 0.259 e. The predicted molar refractivity (Wildman–Crippen MR) is 150 cm³/mol. The first-order chi connectivity index (χ1) is 18.9. The number of pyridine rings is 1. The van der Waals surface area contributed by atoms with Gasteiger partial charge >= 0.3 is 0 Å². The van der Waals surface area contributed by atoms with Crippen LogP contribution >= 0.6 is 0 Å². The van der Waals surface area contributed by atoms with Crippen LogP contribution in [0.1, 0.15) is 27.0 Å². The van der Waals surface area contributed by atoms with Gasteiger partial charge in [0.15, 0.2) is 0 Å². The summed E-state index contributed by atoms with van der Waals surface area (Å²) >= 11 is 0. The molecule has 1 aromatic heterocycles. The molecule has 2 heterocycles. The molecule has 11 heteroatoms. The number of hydrogen-bond donors (Lipinski definition) is 2. The second-order valence-electron chi connectivity index (χ2n) is 10.1. The van der Waals surface area contributed by atoms with E-state index < -0.39 is 23.4 Å². The van der Waals surface area contributed by atoms with Crippen molar-refractivity contribution in [1.29, 1.82) is 0 Å². The number of β-amino-alcohol motifs (C(OH)–C–C–N with tert-alkyl or cyclic N) is 1. The number of benzene rings is 2. The molecule has 0 unspecified atom stereocenters. The van der Waals surface area contributed by atoms with Gasteiger partial charge in [-0.15, -0.1) is 0 Å². The van der Waals surface area contributed by atoms with Gasteiger partial charge < -0.3 is 20.2 Å². The maximum Gasteiger partial charge on any atom is 0.259 e. The summed E-state index contributed by atoms with van der Waals surface area (Å²) in [5, 5.41) is 12.4. The maximum absolute atomic E-state index is 14.8. The number of carbonyl (C=O) groups is 3. The molecule has 2 aromatic carbocycles. The number of hydrogen-bond acceptors (Lipinski definition) is 6. The standard InChI is InChI=1S/C29H32FN5O5/c1-17-9-10-23(22(30)11-17)31-27-25(29(40)32(3)4)26(18(2)28(39)33(27)5)35(16-36)20-8-6-7-19(12-20)13-24(38)34-14-21(37)15-34/h6-12,16,21,31,37H,13-15H2,1-5H3. The SMILES string of the molecule is Cc1ccc(Nc2c(C(=O)N(C)C)c(N(C=O)c3cccc(CC(=O)N4CC(O)C4)c3)c(C)c(=O)n2C)c(F)c1. The highest BCUT2D eigenvalue weighted by atomic mass is 19.1. The van der Waals surface area contributed by atoms with Crippen molar-refractivity contribution in [3.05, 3.63) is 80.9 Å². The normalized spacial score (nSPS) is 13.0. The number of nitrogens with zero attached hydrogens (tertiary/aromatic N) is 4. The number of amides is 3. The van der Waals surface area contributed by atoms with Crippen LogP contribution in [-0.2, 0) is 23.1 Å². The molecule has 0 bridgehead atoms. The van der Waals surface area contributed by atoms with Crippen molar-refractivity contribution < 1.29 is 23.9 Å². The van der Waals surface area contributed by atoms with E-state index in [9.17, 15) is 28.7 Å². The van der Waals surface area contributed by atoms with E-state index in [0.717, 1.165) is 0 Å². The lowest BCUT2D eigenvalue weighted by molar-refractivity contribution is -0.140. The molecule has 0 saturated carbocycles. The van der Waals surface area contributed by atoms with E-state index in [1.165, 1.54) is 59.5 Å². The summed E-state index contributed by atoms with van der Waals surface area (Å²) in [4.78, 5) is 56.2. The van der Waals surface area contributed by atoms with Crippen LogP contribution in [0.25, 0.3) is 0 Å². The number of aliphatic hydroxyl groups excluding tert-OH is 1. The molecule has 210 valence electrons. The van der Waals surface area contributed by atoms with Crippen molar-refractivity contribution in [2.45, 2.75) is 26.4 Å². The molecule has 2 N–H and O–H groups in total. The summed E-state index contributed by atoms with van der Waals surface area (Å²) in [7, 11) is 4.53. The molecule has 40 heavy (non-hydrogen) atoms. The number of aliphatic hydroxyl groups is 1. The minimum absolute atomic E-state index is 0.00674. The highest BCUT2D eigenvalue weighted by Crippen LogP contribution is 2.36. The van der Waals surface area contributed by atoms with Gasteiger partial charge in [0.25, 0.3) is 11.5 Å². The predicted octanol–water partition coefficient (Wildman–Crippen LogP) is 2.63. The molecule has 10 nitrogen and oxygen atoms in total. The van der Waals surface area contributed by atoms with Crippen molar-refractivity contribution in [3.8, 4) is 0 Å². The van der Waals surface area contributed by atoms with E-state index in [1.807, 2.05) is 0 Å². The summed E-state index contributed by atoms with van der Waals surface area (Å²) < 4.78 is 16.0. The maximum atomic E-state index is 14.8. The van der Waals surface area contributed by atoms with Gasteiger partial charge in [-0.25, -0.2) is 4.39 Å². The van der Waals surface area contributed by atoms with Gasteiger partial charge in [-0.2, -0.15) is 0 Å². The number of carbonyl (C=O) groups excluding carboxylic acids is 3. The van der Waals surface area contributed by atoms with E-state index in [0.29, 0.717) is 23.2 Å². The van der Waals surface area contributed by atoms with E-state index in [4.69, 9.17) is 0 Å². The topological polar surface area (TPSA) is 115 Å². The molecule has 0 aliphatic carbocycles. The minimum atomic E-state index is -0.572. The first-order valence-corrected chi connectivity index (χ1v) is 12.7. The van der Waals surface area contributed by atoms with Crippen LogP contribution in [0.2, 0.25) is 0 Å². The number of halogens is 1. The summed E-state index contributed by atoms with van der Waals surface area (Å²) in [6, 6.07) is 11.2. The van der Waals surface area contributed by atoms with Crippen molar-refractivity contribution in [2.75, 3.05) is 37.4 Å². The summed E-state index contributed by atoms with van der Waals surface area (Å²) in [5.41, 5.74) is 1.37. The lowest BCUT2D eigenvalue weighted by Gasteiger charge is -2.36. The molecule has 1 aliphatic heterocycles. The molecular formula is C29H32FN5O5. The zero-order chi connectivity index (χ0) is 29.3. The lowest BCUT2D eigenvalue weighted by atomic mass is 10.0. The van der Waals surface area contributed by atoms with Gasteiger partial charge in [-0.1, -0.05) is 18.2 Å². The quantitative estimate of drug-likeness (QED) is 0.418. The number of aromatic nitrogens is 1. The molecule has 1 fully saturated rings. The Hall–Kier alpha value is -4.51. The molecule has 4 rings (SSSR count). The van der Waals surface area contributed by atoms with Crippen molar-refractivity contribution in [2.24, 2.45) is 7.05 Å². The van der Waals surface area contributed by atoms with Crippen LogP contribution in [0.3, 0.4) is 0 Å². The average Bonchev–Trinajstić information content (AvgIpc) is 2.89. The summed E-state index contributed by atoms with van der Waals surface area (Å²) in [6.45, 7) is 3.81. The molecule has 0 spiro atoms. The van der Waals surface area contributed by atoms with E-state index in [2.05, 4.69) is 5.32 Å². The highest BCUT2D eigenvalue weighted by molar-refractivity contribution is 6.08. The third-order valence-electron chi connectivity index (χ3n) is 6.89. The number of aryl methyl sites for hydroxylation is 1. The zero-order valence-electron chi connectivity index (χ0n) is 23.1. The van der Waals surface area contributed by atoms with Gasteiger partial charge in [0.05, 0.1) is 23.9 Å². The third kappa shape index (κ3) is 5.46. The highest BCUT2D eigenvalue weighted by Gasteiger charge is 2.31. The van der Waals surface area contributed by atoms with E-state index >= 15 is 0 Å². The van der Waals surface area contributed by atoms with Crippen LogP contribution in [0.4, 0.5) is 27.3 Å². The number of anilines is 4. The Morgan fingerprint density at radius 1 is 1.15 bits per heavy atom. The zero-order valence-corrected chi connectivity index (χ0v) is 23.1. The fraction of sp³-hybridized carbons (Fsp3) is 0.310. The average molecular weight is 550 g/mol. The Bertz CT molecular complexity index is 1540. The molecule has 1 aliphatic rings. The van der Waals surface area contributed by atoms with Crippen molar-refractivity contribution in [3.63, 3.8) is 0 Å². The molecule has 3 aromatic rings. The molecule has 3 amide bonds. The summed E-state index contributed by atoms with van der Waals surface area (Å²) in [5.74, 6) is -1.24. The monoisotopic (exact) mass is 549 g/mol. The van der Waals surface area contributed by atoms with Crippen LogP contribution in [-0.4, -0.2) is 71.0 Å². The number of likely N-dealkylation sites (tertiary alicyclic amines) is 1. The first-order valence-electron chi connectivity index (χ1n) is 12.7. The third-order valence-corrected chi connectivity index (χ3v) is 6.89. The first kappa shape index (κ1) is 28.5. The van der Waals surface area contributed by atoms with Crippen LogP contribution < -0.4 is 15.8 Å². The van der Waals surface area contributed by atoms with Gasteiger partial charge in [0, 0.05) is 45.5 Å². The molecule has 0 atom stereocenters. The van der Waals surface area contributed by atoms with Crippen molar-refractivity contribution in [1.82, 2.24) is 14.4 Å². The molecule has 1 saturated heterocycles. The fourth-order valence-electron chi connectivity index (χ4n) is 4.65. The lowest BCUT2D eigenvalue weighted by Crippen LogP contribution is -2.53. The Morgan fingerprint density at radius 2 is 1.85 bits per heavy atom. The minimum Gasteiger partial charge on any atom is -0.389 e. The van der Waals surface area contributed by atoms with E-state index in [-0.39, 0.29) is 53.7 Å². The molecule has 0 radical (unpaired) electrons.